The van der Waals surface area contributed by atoms with Gasteiger partial charge in [0.1, 0.15) is 6.10 Å². The molecular weight excluding hydrogens is 674 g/mol. The van der Waals surface area contributed by atoms with E-state index in [1.807, 2.05) is 19.9 Å². The van der Waals surface area contributed by atoms with Crippen molar-refractivity contribution in [3.8, 4) is 0 Å². The Balaban J connectivity index is 1.25. The zero-order chi connectivity index (χ0) is 37.5. The number of ether oxygens (including phenoxy) is 4. The molecule has 13 heteroatoms. The van der Waals surface area contributed by atoms with Crippen molar-refractivity contribution in [2.45, 2.75) is 120 Å². The van der Waals surface area contributed by atoms with E-state index in [2.05, 4.69) is 24.4 Å². The first kappa shape index (κ1) is 40.4. The average Bonchev–Trinajstić information content (AvgIpc) is 3.80. The molecule has 1 N–H and O–H groups in total. The minimum Gasteiger partial charge on any atom is -0.459 e. The van der Waals surface area contributed by atoms with Crippen molar-refractivity contribution in [2.24, 2.45) is 5.92 Å². The fourth-order valence-corrected chi connectivity index (χ4v) is 7.47. The van der Waals surface area contributed by atoms with E-state index in [-0.39, 0.29) is 65.1 Å². The van der Waals surface area contributed by atoms with Gasteiger partial charge < -0.3 is 29.2 Å². The number of epoxide rings is 1. The normalized spacial score (nSPS) is 29.0. The van der Waals surface area contributed by atoms with Gasteiger partial charge in [-0.25, -0.2) is 12.7 Å². The highest BCUT2D eigenvalue weighted by Crippen LogP contribution is 2.43. The van der Waals surface area contributed by atoms with Crippen molar-refractivity contribution in [3.63, 3.8) is 0 Å². The van der Waals surface area contributed by atoms with Gasteiger partial charge >= 0.3 is 5.97 Å². The lowest BCUT2D eigenvalue weighted by Gasteiger charge is -2.39. The van der Waals surface area contributed by atoms with Crippen LogP contribution in [0.4, 0.5) is 0 Å². The fraction of sp³-hybridized carbons (Fsp3) is 0.605. The molecule has 51 heavy (non-hydrogen) atoms. The predicted octanol–water partition coefficient (Wildman–Crippen LogP) is 4.30. The van der Waals surface area contributed by atoms with Crippen LogP contribution in [0.2, 0.25) is 0 Å². The number of benzene rings is 1. The number of amides is 2. The quantitative estimate of drug-likeness (QED) is 0.128. The van der Waals surface area contributed by atoms with Crippen LogP contribution < -0.4 is 5.32 Å². The molecule has 0 aromatic heterocycles. The highest BCUT2D eigenvalue weighted by Gasteiger charge is 2.51. The van der Waals surface area contributed by atoms with Gasteiger partial charge in [-0.3, -0.25) is 14.4 Å². The van der Waals surface area contributed by atoms with Crippen LogP contribution in [0.15, 0.2) is 65.1 Å². The minimum absolute atomic E-state index is 0.0153. The third kappa shape index (κ3) is 11.8. The molecule has 3 aliphatic heterocycles. The summed E-state index contributed by atoms with van der Waals surface area (Å²) in [6, 6.07) is 6.47. The van der Waals surface area contributed by atoms with Crippen LogP contribution in [0.1, 0.15) is 72.3 Å². The second-order valence-electron chi connectivity index (χ2n) is 14.5. The molecule has 3 saturated heterocycles. The zero-order valence-corrected chi connectivity index (χ0v) is 32.0. The average molecular weight is 730 g/mol. The lowest BCUT2D eigenvalue weighted by molar-refractivity contribution is -0.143. The van der Waals surface area contributed by atoms with E-state index in [0.29, 0.717) is 19.6 Å². The van der Waals surface area contributed by atoms with Gasteiger partial charge in [0.2, 0.25) is 21.8 Å². The SMILES string of the molecule is CC(=O)O[C@@H](C)/C=C\C(=O)N[C@@H]1C[C@H](C)[C@H](C/C=C(C)/C=C/[C@@H]2C[C@]3(CO3)C[C@@H](CC(=O)N(C)Cc3ccc(S(=O)(=O)N(C)C)cc3)O2)O[C@@H]1C. The van der Waals surface area contributed by atoms with Gasteiger partial charge in [0, 0.05) is 53.5 Å². The Hall–Kier alpha value is -3.36. The maximum absolute atomic E-state index is 13.2. The molecule has 0 radical (unpaired) electrons. The monoisotopic (exact) mass is 729 g/mol. The summed E-state index contributed by atoms with van der Waals surface area (Å²) in [6.45, 7) is 10.2. The summed E-state index contributed by atoms with van der Waals surface area (Å²) >= 11 is 0. The Kier molecular flexibility index (Phi) is 13.8. The number of esters is 1. The number of carbonyl (C=O) groups is 3. The maximum Gasteiger partial charge on any atom is 0.303 e. The maximum atomic E-state index is 13.2. The van der Waals surface area contributed by atoms with Crippen LogP contribution in [0.25, 0.3) is 0 Å². The van der Waals surface area contributed by atoms with Gasteiger partial charge in [-0.1, -0.05) is 42.9 Å². The summed E-state index contributed by atoms with van der Waals surface area (Å²) in [5, 5.41) is 3.02. The van der Waals surface area contributed by atoms with Crippen LogP contribution in [0.5, 0.6) is 0 Å². The molecule has 8 atom stereocenters. The summed E-state index contributed by atoms with van der Waals surface area (Å²) in [4.78, 5) is 38.6. The van der Waals surface area contributed by atoms with Gasteiger partial charge in [0.15, 0.2) is 0 Å². The van der Waals surface area contributed by atoms with E-state index in [0.717, 1.165) is 30.4 Å². The Morgan fingerprint density at radius 2 is 1.75 bits per heavy atom. The number of hydrogen-bond donors (Lipinski definition) is 1. The van der Waals surface area contributed by atoms with Crippen molar-refractivity contribution in [1.82, 2.24) is 14.5 Å². The predicted molar refractivity (Wildman–Crippen MR) is 193 cm³/mol. The largest absolute Gasteiger partial charge is 0.459 e. The minimum atomic E-state index is -3.52. The van der Waals surface area contributed by atoms with Crippen LogP contribution >= 0.6 is 0 Å². The van der Waals surface area contributed by atoms with Gasteiger partial charge in [-0.05, 0) is 63.3 Å². The van der Waals surface area contributed by atoms with Crippen LogP contribution in [-0.4, -0.2) is 105 Å². The number of nitrogens with zero attached hydrogens (tertiary/aromatic N) is 2. The van der Waals surface area contributed by atoms with Crippen molar-refractivity contribution < 1.29 is 41.7 Å². The number of rotatable bonds is 14. The fourth-order valence-electron chi connectivity index (χ4n) is 6.57. The van der Waals surface area contributed by atoms with Gasteiger partial charge in [-0.2, -0.15) is 0 Å². The second-order valence-corrected chi connectivity index (χ2v) is 16.6. The summed E-state index contributed by atoms with van der Waals surface area (Å²) in [6.07, 6.45) is 11.3. The topological polar surface area (TPSA) is 144 Å². The molecule has 0 saturated carbocycles. The van der Waals surface area contributed by atoms with Crippen molar-refractivity contribution >= 4 is 27.8 Å². The van der Waals surface area contributed by atoms with E-state index >= 15 is 0 Å². The first-order chi connectivity index (χ1) is 24.0. The third-order valence-corrected chi connectivity index (χ3v) is 11.5. The summed E-state index contributed by atoms with van der Waals surface area (Å²) < 4.78 is 49.5. The Morgan fingerprint density at radius 1 is 1.06 bits per heavy atom. The van der Waals surface area contributed by atoms with Gasteiger partial charge in [-0.15, -0.1) is 0 Å². The van der Waals surface area contributed by atoms with Gasteiger partial charge in [0.25, 0.3) is 0 Å². The number of allylic oxidation sites excluding steroid dienone is 2. The summed E-state index contributed by atoms with van der Waals surface area (Å²) in [7, 11) is 1.21. The van der Waals surface area contributed by atoms with E-state index in [1.165, 1.54) is 31.4 Å². The lowest BCUT2D eigenvalue weighted by atomic mass is 9.88. The smallest absolute Gasteiger partial charge is 0.303 e. The van der Waals surface area contributed by atoms with Crippen molar-refractivity contribution in [3.05, 3.63) is 65.8 Å². The number of nitrogens with one attached hydrogen (secondary N) is 1. The molecule has 282 valence electrons. The van der Waals surface area contributed by atoms with Crippen LogP contribution in [-0.2, 0) is 49.9 Å². The van der Waals surface area contributed by atoms with E-state index in [1.54, 1.807) is 49.2 Å². The molecule has 1 aromatic carbocycles. The molecule has 1 aromatic rings. The van der Waals surface area contributed by atoms with Gasteiger partial charge in [0.05, 0.1) is 54.0 Å². The lowest BCUT2D eigenvalue weighted by Crippen LogP contribution is -2.50. The highest BCUT2D eigenvalue weighted by atomic mass is 32.2. The highest BCUT2D eigenvalue weighted by molar-refractivity contribution is 7.89. The second kappa shape index (κ2) is 17.4. The summed E-state index contributed by atoms with van der Waals surface area (Å²) in [5.74, 6) is -0.464. The molecule has 3 fully saturated rings. The standard InChI is InChI=1S/C38H55N3O9S/c1-25(10-17-35-26(2)19-34(28(4)49-35)39-36(43)18-11-27(3)48-29(5)42)9-14-31-21-38(24-47-38)22-32(50-31)20-37(44)41(8)23-30-12-15-33(16-13-30)51(45,46)40(6)7/h9-16,18,26-28,31-32,34-35H,17,19-24H2,1-8H3,(H,39,43)/b14-9+,18-11-,25-10+/t26-,27-,28+,31+,32+,34+,35-,38+/m0/s1. The molecule has 0 unspecified atom stereocenters. The number of hydrogen-bond acceptors (Lipinski definition) is 9. The zero-order valence-electron chi connectivity index (χ0n) is 31.2. The van der Waals surface area contributed by atoms with Crippen molar-refractivity contribution in [2.75, 3.05) is 27.7 Å². The van der Waals surface area contributed by atoms with Crippen LogP contribution in [0, 0.1) is 5.92 Å². The van der Waals surface area contributed by atoms with E-state index in [9.17, 15) is 22.8 Å². The first-order valence-corrected chi connectivity index (χ1v) is 19.1. The number of sulfonamides is 1. The molecule has 1 spiro atoms. The molecule has 3 aliphatic rings. The molecule has 2 amide bonds. The number of carbonyl (C=O) groups excluding carboxylic acids is 3. The first-order valence-electron chi connectivity index (χ1n) is 17.7. The Bertz CT molecular complexity index is 1580. The molecule has 3 heterocycles. The molecule has 12 nitrogen and oxygen atoms in total. The molecule has 0 aliphatic carbocycles. The molecule has 0 bridgehead atoms. The van der Waals surface area contributed by atoms with E-state index < -0.39 is 22.1 Å². The van der Waals surface area contributed by atoms with Crippen LogP contribution in [0.3, 0.4) is 0 Å². The summed E-state index contributed by atoms with van der Waals surface area (Å²) in [5.41, 5.74) is 1.67. The Morgan fingerprint density at radius 3 is 2.37 bits per heavy atom. The van der Waals surface area contributed by atoms with Crippen molar-refractivity contribution in [1.29, 1.82) is 0 Å². The Labute approximate surface area is 303 Å². The molecule has 4 rings (SSSR count). The third-order valence-electron chi connectivity index (χ3n) is 9.70. The molecular formula is C38H55N3O9S. The van der Waals surface area contributed by atoms with E-state index in [4.69, 9.17) is 18.9 Å².